The lowest BCUT2D eigenvalue weighted by molar-refractivity contribution is -0.137. The molecule has 138 valence electrons. The van der Waals surface area contributed by atoms with E-state index in [-0.39, 0.29) is 23.6 Å². The molecular formula is C19H24N4O3. The van der Waals surface area contributed by atoms with Gasteiger partial charge in [-0.05, 0) is 24.5 Å². The minimum atomic E-state index is -0.603. The number of benzene rings is 1. The Hall–Kier alpha value is -2.83. The van der Waals surface area contributed by atoms with Crippen molar-refractivity contribution >= 4 is 28.6 Å². The van der Waals surface area contributed by atoms with Gasteiger partial charge in [0.2, 0.25) is 17.7 Å². The molecule has 7 nitrogen and oxygen atoms in total. The molecule has 1 aliphatic rings. The number of carbonyl (C=O) groups is 3. The number of H-pyrrole nitrogens is 1. The van der Waals surface area contributed by atoms with Crippen LogP contribution in [-0.4, -0.2) is 41.3 Å². The molecule has 0 radical (unpaired) electrons. The second-order valence-corrected chi connectivity index (χ2v) is 6.75. The number of para-hydroxylation sites is 1. The lowest BCUT2D eigenvalue weighted by Gasteiger charge is -2.33. The zero-order valence-electron chi connectivity index (χ0n) is 15.0. The molecule has 2 aromatic rings. The standard InChI is InChI=1S/C19H24N4O3/c1-11(14-10-21-15-7-4-3-6-13(14)15)17-19(26)22-16(18(25)23-17)8-5-9-20-12(2)24/h3-4,6-7,10-11,16-17,21H,5,8-9H2,1-2H3,(H,20,24)(H,22,26)(H,23,25)/t11?,16-,17+/m0/s1. The maximum atomic E-state index is 12.6. The van der Waals surface area contributed by atoms with E-state index < -0.39 is 12.1 Å². The molecule has 4 N–H and O–H groups in total. The number of aromatic nitrogens is 1. The number of carbonyl (C=O) groups excluding carboxylic acids is 3. The van der Waals surface area contributed by atoms with Crippen molar-refractivity contribution in [3.8, 4) is 0 Å². The predicted molar refractivity (Wildman–Crippen MR) is 98.5 cm³/mol. The van der Waals surface area contributed by atoms with Crippen molar-refractivity contribution in [2.45, 2.75) is 44.7 Å². The first-order valence-corrected chi connectivity index (χ1v) is 8.88. The number of rotatable bonds is 6. The van der Waals surface area contributed by atoms with Gasteiger partial charge in [0.1, 0.15) is 12.1 Å². The Labute approximate surface area is 151 Å². The summed E-state index contributed by atoms with van der Waals surface area (Å²) in [5.41, 5.74) is 2.01. The van der Waals surface area contributed by atoms with E-state index in [1.165, 1.54) is 6.92 Å². The van der Waals surface area contributed by atoms with Crippen LogP contribution in [0.3, 0.4) is 0 Å². The van der Waals surface area contributed by atoms with Crippen molar-refractivity contribution in [1.82, 2.24) is 20.9 Å². The maximum absolute atomic E-state index is 12.6. The van der Waals surface area contributed by atoms with Gasteiger partial charge in [0, 0.05) is 36.5 Å². The van der Waals surface area contributed by atoms with Gasteiger partial charge in [-0.1, -0.05) is 25.1 Å². The van der Waals surface area contributed by atoms with Crippen LogP contribution in [0.1, 0.15) is 38.2 Å². The first-order valence-electron chi connectivity index (χ1n) is 8.88. The molecule has 0 aliphatic carbocycles. The second-order valence-electron chi connectivity index (χ2n) is 6.75. The van der Waals surface area contributed by atoms with E-state index in [1.807, 2.05) is 37.4 Å². The topological polar surface area (TPSA) is 103 Å². The molecule has 1 fully saturated rings. The van der Waals surface area contributed by atoms with E-state index in [4.69, 9.17) is 0 Å². The van der Waals surface area contributed by atoms with E-state index in [1.54, 1.807) is 0 Å². The largest absolute Gasteiger partial charge is 0.361 e. The van der Waals surface area contributed by atoms with Crippen LogP contribution in [0, 0.1) is 0 Å². The van der Waals surface area contributed by atoms with Gasteiger partial charge >= 0.3 is 0 Å². The summed E-state index contributed by atoms with van der Waals surface area (Å²) < 4.78 is 0. The lowest BCUT2D eigenvalue weighted by atomic mass is 9.90. The van der Waals surface area contributed by atoms with E-state index in [9.17, 15) is 14.4 Å². The van der Waals surface area contributed by atoms with Crippen molar-refractivity contribution in [3.05, 3.63) is 36.0 Å². The van der Waals surface area contributed by atoms with Crippen LogP contribution < -0.4 is 16.0 Å². The minimum Gasteiger partial charge on any atom is -0.361 e. The fourth-order valence-electron chi connectivity index (χ4n) is 3.42. The summed E-state index contributed by atoms with van der Waals surface area (Å²) in [4.78, 5) is 39.0. The second kappa shape index (κ2) is 7.59. The van der Waals surface area contributed by atoms with Gasteiger partial charge in [-0.25, -0.2) is 0 Å². The van der Waals surface area contributed by atoms with Gasteiger partial charge < -0.3 is 20.9 Å². The molecule has 0 saturated carbocycles. The van der Waals surface area contributed by atoms with E-state index in [2.05, 4.69) is 20.9 Å². The maximum Gasteiger partial charge on any atom is 0.243 e. The number of hydrogen-bond donors (Lipinski definition) is 4. The molecule has 7 heteroatoms. The molecule has 1 unspecified atom stereocenters. The minimum absolute atomic E-state index is 0.102. The van der Waals surface area contributed by atoms with E-state index >= 15 is 0 Å². The summed E-state index contributed by atoms with van der Waals surface area (Å²) in [6.07, 6.45) is 3.01. The average Bonchev–Trinajstić information content (AvgIpc) is 3.04. The van der Waals surface area contributed by atoms with Crippen molar-refractivity contribution in [3.63, 3.8) is 0 Å². The highest BCUT2D eigenvalue weighted by atomic mass is 16.2. The molecule has 0 bridgehead atoms. The molecule has 3 rings (SSSR count). The van der Waals surface area contributed by atoms with Gasteiger partial charge in [-0.2, -0.15) is 0 Å². The van der Waals surface area contributed by atoms with E-state index in [0.717, 1.165) is 16.5 Å². The van der Waals surface area contributed by atoms with Crippen molar-refractivity contribution < 1.29 is 14.4 Å². The molecule has 0 spiro atoms. The Bertz CT molecular complexity index is 829. The van der Waals surface area contributed by atoms with Gasteiger partial charge in [-0.3, -0.25) is 14.4 Å². The van der Waals surface area contributed by atoms with Crippen molar-refractivity contribution in [1.29, 1.82) is 0 Å². The Kier molecular flexibility index (Phi) is 5.25. The monoisotopic (exact) mass is 356 g/mol. The fourth-order valence-corrected chi connectivity index (χ4v) is 3.42. The summed E-state index contributed by atoms with van der Waals surface area (Å²) in [7, 11) is 0. The van der Waals surface area contributed by atoms with Crippen LogP contribution in [0.4, 0.5) is 0 Å². The summed E-state index contributed by atoms with van der Waals surface area (Å²) in [5.74, 6) is -0.610. The van der Waals surface area contributed by atoms with Crippen LogP contribution in [0.25, 0.3) is 10.9 Å². The summed E-state index contributed by atoms with van der Waals surface area (Å²) in [6, 6.07) is 6.74. The third kappa shape index (κ3) is 3.71. The number of amides is 3. The molecule has 1 aliphatic heterocycles. The fraction of sp³-hybridized carbons (Fsp3) is 0.421. The smallest absolute Gasteiger partial charge is 0.243 e. The number of aromatic amines is 1. The Morgan fingerprint density at radius 1 is 1.19 bits per heavy atom. The Morgan fingerprint density at radius 3 is 2.73 bits per heavy atom. The first-order chi connectivity index (χ1) is 12.5. The van der Waals surface area contributed by atoms with E-state index in [0.29, 0.717) is 19.4 Å². The molecule has 1 aromatic carbocycles. The summed E-state index contributed by atoms with van der Waals surface area (Å²) in [5, 5.41) is 9.43. The van der Waals surface area contributed by atoms with Crippen molar-refractivity contribution in [2.24, 2.45) is 0 Å². The van der Waals surface area contributed by atoms with Gasteiger partial charge in [0.25, 0.3) is 0 Å². The molecule has 1 aromatic heterocycles. The van der Waals surface area contributed by atoms with Crippen LogP contribution >= 0.6 is 0 Å². The third-order valence-corrected chi connectivity index (χ3v) is 4.87. The summed E-state index contributed by atoms with van der Waals surface area (Å²) >= 11 is 0. The number of nitrogens with one attached hydrogen (secondary N) is 4. The van der Waals surface area contributed by atoms with Crippen LogP contribution in [0.5, 0.6) is 0 Å². The SMILES string of the molecule is CC(=O)NCCC[C@@H]1NC(=O)[C@@H](C(C)c2c[nH]c3ccccc23)NC1=O. The van der Waals surface area contributed by atoms with Gasteiger partial charge in [-0.15, -0.1) is 0 Å². The van der Waals surface area contributed by atoms with Crippen molar-refractivity contribution in [2.75, 3.05) is 6.54 Å². The zero-order chi connectivity index (χ0) is 18.7. The Morgan fingerprint density at radius 2 is 1.96 bits per heavy atom. The third-order valence-electron chi connectivity index (χ3n) is 4.87. The van der Waals surface area contributed by atoms with Crippen LogP contribution in [0.15, 0.2) is 30.5 Å². The zero-order valence-corrected chi connectivity index (χ0v) is 15.0. The van der Waals surface area contributed by atoms with Crippen LogP contribution in [-0.2, 0) is 14.4 Å². The predicted octanol–water partition coefficient (Wildman–Crippen LogP) is 1.17. The summed E-state index contributed by atoms with van der Waals surface area (Å²) in [6.45, 7) is 3.88. The number of fused-ring (bicyclic) bond motifs is 1. The molecule has 1 saturated heterocycles. The molecule has 3 amide bonds. The number of hydrogen-bond acceptors (Lipinski definition) is 3. The molecule has 3 atom stereocenters. The highest BCUT2D eigenvalue weighted by Gasteiger charge is 2.37. The quantitative estimate of drug-likeness (QED) is 0.584. The lowest BCUT2D eigenvalue weighted by Crippen LogP contribution is -2.63. The van der Waals surface area contributed by atoms with Gasteiger partial charge in [0.05, 0.1) is 0 Å². The first kappa shape index (κ1) is 18.0. The average molecular weight is 356 g/mol. The highest BCUT2D eigenvalue weighted by molar-refractivity contribution is 5.98. The molecule has 2 heterocycles. The Balaban J connectivity index is 1.64. The number of piperazine rings is 1. The normalized spacial score (nSPS) is 21.2. The van der Waals surface area contributed by atoms with Gasteiger partial charge in [0.15, 0.2) is 0 Å². The van der Waals surface area contributed by atoms with Crippen LogP contribution in [0.2, 0.25) is 0 Å². The molecular weight excluding hydrogens is 332 g/mol. The highest BCUT2D eigenvalue weighted by Crippen LogP contribution is 2.28. The molecule has 26 heavy (non-hydrogen) atoms.